The van der Waals surface area contributed by atoms with Crippen LogP contribution in [0, 0.1) is 11.8 Å². The molecule has 0 radical (unpaired) electrons. The summed E-state index contributed by atoms with van der Waals surface area (Å²) in [7, 11) is 0. The van der Waals surface area contributed by atoms with Gasteiger partial charge in [0, 0.05) is 38.0 Å². The lowest BCUT2D eigenvalue weighted by Crippen LogP contribution is -2.35. The second-order valence-electron chi connectivity index (χ2n) is 10.8. The Labute approximate surface area is 213 Å². The number of carbonyl (C=O) groups is 1. The Morgan fingerprint density at radius 1 is 1.14 bits per heavy atom. The molecule has 8 heteroatoms. The fourth-order valence-electron chi connectivity index (χ4n) is 5.38. The van der Waals surface area contributed by atoms with Crippen LogP contribution < -0.4 is 9.64 Å². The van der Waals surface area contributed by atoms with Gasteiger partial charge in [0.25, 0.3) is 0 Å². The second-order valence-corrected chi connectivity index (χ2v) is 10.8. The van der Waals surface area contributed by atoms with Crippen LogP contribution in [0.2, 0.25) is 0 Å². The van der Waals surface area contributed by atoms with Crippen molar-refractivity contribution in [3.63, 3.8) is 0 Å². The fourth-order valence-corrected chi connectivity index (χ4v) is 5.38. The van der Waals surface area contributed by atoms with E-state index in [1.165, 1.54) is 11.1 Å². The van der Waals surface area contributed by atoms with Crippen molar-refractivity contribution in [2.75, 3.05) is 37.7 Å². The third-order valence-corrected chi connectivity index (χ3v) is 7.78. The normalized spacial score (nSPS) is 23.3. The van der Waals surface area contributed by atoms with Crippen molar-refractivity contribution in [2.24, 2.45) is 11.8 Å². The van der Waals surface area contributed by atoms with Gasteiger partial charge in [-0.1, -0.05) is 37.2 Å². The van der Waals surface area contributed by atoms with Crippen molar-refractivity contribution < 1.29 is 19.2 Å². The number of likely N-dealkylation sites (tertiary alicyclic amines) is 1. The van der Waals surface area contributed by atoms with E-state index in [1.54, 1.807) is 0 Å². The number of aromatic nitrogens is 2. The standard InChI is InChI=1S/C28H38N4O4/c1-19(2)26-29-28(36-30-26)31-14-11-20(12-15-31)18-35-25-9-7-22(8-10-25)21-3-5-23(6-4-21)27(34)32-16-13-24(33)17-32/h3,7-10,19-20,23-24,33H,4-6,11-18H2,1-2H3. The van der Waals surface area contributed by atoms with Gasteiger partial charge in [0.2, 0.25) is 5.91 Å². The van der Waals surface area contributed by atoms with Crippen molar-refractivity contribution in [1.29, 1.82) is 0 Å². The quantitative estimate of drug-likeness (QED) is 0.615. The lowest BCUT2D eigenvalue weighted by molar-refractivity contribution is -0.135. The number of aliphatic hydroxyl groups is 1. The van der Waals surface area contributed by atoms with Crippen LogP contribution in [0.25, 0.3) is 5.57 Å². The Kier molecular flexibility index (Phi) is 7.60. The summed E-state index contributed by atoms with van der Waals surface area (Å²) in [5.41, 5.74) is 2.51. The fraction of sp³-hybridized carbons (Fsp3) is 0.607. The van der Waals surface area contributed by atoms with Gasteiger partial charge in [0.1, 0.15) is 5.75 Å². The first-order chi connectivity index (χ1) is 17.5. The number of hydrogen-bond acceptors (Lipinski definition) is 7. The molecule has 5 rings (SSSR count). The van der Waals surface area contributed by atoms with E-state index in [1.807, 2.05) is 4.90 Å². The van der Waals surface area contributed by atoms with E-state index in [-0.39, 0.29) is 23.8 Å². The molecule has 36 heavy (non-hydrogen) atoms. The smallest absolute Gasteiger partial charge is 0.324 e. The van der Waals surface area contributed by atoms with E-state index in [4.69, 9.17) is 9.26 Å². The highest BCUT2D eigenvalue weighted by Crippen LogP contribution is 2.33. The molecule has 2 saturated heterocycles. The summed E-state index contributed by atoms with van der Waals surface area (Å²) in [6.07, 6.45) is 7.21. The SMILES string of the molecule is CC(C)c1noc(N2CCC(COc3ccc(C4=CCC(C(=O)N5CCC(O)C5)CC4)cc3)CC2)n1. The van der Waals surface area contributed by atoms with Crippen LogP contribution in [0.5, 0.6) is 5.75 Å². The van der Waals surface area contributed by atoms with Crippen LogP contribution in [-0.4, -0.2) is 64.9 Å². The first-order valence-corrected chi connectivity index (χ1v) is 13.4. The van der Waals surface area contributed by atoms with Crippen molar-refractivity contribution in [3.05, 3.63) is 41.7 Å². The second kappa shape index (κ2) is 11.0. The first kappa shape index (κ1) is 24.8. The zero-order valence-electron chi connectivity index (χ0n) is 21.4. The third kappa shape index (κ3) is 5.75. The van der Waals surface area contributed by atoms with E-state index in [2.05, 4.69) is 59.2 Å². The number of carbonyl (C=O) groups excluding carboxylic acids is 1. The molecule has 2 atom stereocenters. The van der Waals surface area contributed by atoms with Crippen molar-refractivity contribution >= 4 is 17.5 Å². The molecule has 1 aromatic heterocycles. The summed E-state index contributed by atoms with van der Waals surface area (Å²) in [4.78, 5) is 21.2. The number of benzene rings is 1. The molecule has 1 aliphatic carbocycles. The molecule has 2 fully saturated rings. The van der Waals surface area contributed by atoms with Gasteiger partial charge in [-0.05, 0) is 67.7 Å². The van der Waals surface area contributed by atoms with E-state index >= 15 is 0 Å². The highest BCUT2D eigenvalue weighted by molar-refractivity contribution is 5.81. The summed E-state index contributed by atoms with van der Waals surface area (Å²) >= 11 is 0. The molecule has 0 spiro atoms. The van der Waals surface area contributed by atoms with Crippen LogP contribution in [0.4, 0.5) is 6.01 Å². The van der Waals surface area contributed by atoms with Crippen LogP contribution in [0.15, 0.2) is 34.9 Å². The van der Waals surface area contributed by atoms with Crippen LogP contribution in [0.1, 0.15) is 69.7 Å². The summed E-state index contributed by atoms with van der Waals surface area (Å²) in [5, 5.41) is 13.8. The van der Waals surface area contributed by atoms with Gasteiger partial charge < -0.3 is 24.2 Å². The van der Waals surface area contributed by atoms with Crippen molar-refractivity contribution in [1.82, 2.24) is 15.0 Å². The zero-order chi connectivity index (χ0) is 25.1. The molecular formula is C28H38N4O4. The minimum absolute atomic E-state index is 0.0464. The van der Waals surface area contributed by atoms with Gasteiger partial charge in [-0.3, -0.25) is 4.79 Å². The molecule has 0 saturated carbocycles. The Bertz CT molecular complexity index is 1060. The molecule has 1 N–H and O–H groups in total. The highest BCUT2D eigenvalue weighted by Gasteiger charge is 2.31. The van der Waals surface area contributed by atoms with E-state index in [0.29, 0.717) is 38.0 Å². The number of nitrogens with zero attached hydrogens (tertiary/aromatic N) is 4. The van der Waals surface area contributed by atoms with Crippen LogP contribution in [-0.2, 0) is 4.79 Å². The summed E-state index contributed by atoms with van der Waals surface area (Å²) in [6, 6.07) is 9.01. The Balaban J connectivity index is 1.06. The van der Waals surface area contributed by atoms with Crippen molar-refractivity contribution in [2.45, 2.75) is 64.4 Å². The van der Waals surface area contributed by atoms with Gasteiger partial charge in [-0.15, -0.1) is 0 Å². The topological polar surface area (TPSA) is 91.9 Å². The third-order valence-electron chi connectivity index (χ3n) is 7.78. The molecule has 3 aliphatic rings. The van der Waals surface area contributed by atoms with E-state index in [9.17, 15) is 9.90 Å². The number of hydrogen-bond donors (Lipinski definition) is 1. The number of amides is 1. The lowest BCUT2D eigenvalue weighted by atomic mass is 9.86. The average Bonchev–Trinajstić information content (AvgIpc) is 3.58. The molecule has 2 aromatic rings. The number of allylic oxidation sites excluding steroid dienone is 2. The van der Waals surface area contributed by atoms with E-state index < -0.39 is 0 Å². The molecular weight excluding hydrogens is 456 g/mol. The summed E-state index contributed by atoms with van der Waals surface area (Å²) in [6.45, 7) is 7.84. The highest BCUT2D eigenvalue weighted by atomic mass is 16.5. The van der Waals surface area contributed by atoms with Gasteiger partial charge in [-0.2, -0.15) is 4.98 Å². The molecule has 1 amide bonds. The number of anilines is 1. The molecule has 8 nitrogen and oxygen atoms in total. The average molecular weight is 495 g/mol. The Morgan fingerprint density at radius 3 is 2.53 bits per heavy atom. The maximum absolute atomic E-state index is 12.7. The molecule has 2 unspecified atom stereocenters. The number of β-amino-alcohol motifs (C(OH)–C–C–N with tert-alkyl or cyclic N) is 1. The predicted octanol–water partition coefficient (Wildman–Crippen LogP) is 4.27. The number of piperidine rings is 1. The van der Waals surface area contributed by atoms with Gasteiger partial charge in [0.05, 0.1) is 12.7 Å². The van der Waals surface area contributed by atoms with Crippen LogP contribution >= 0.6 is 0 Å². The Morgan fingerprint density at radius 2 is 1.92 bits per heavy atom. The van der Waals surface area contributed by atoms with Gasteiger partial charge in [0.15, 0.2) is 5.82 Å². The summed E-state index contributed by atoms with van der Waals surface area (Å²) in [5.74, 6) is 2.70. The molecule has 0 bridgehead atoms. The monoisotopic (exact) mass is 494 g/mol. The largest absolute Gasteiger partial charge is 0.493 e. The Hall–Kier alpha value is -2.87. The van der Waals surface area contributed by atoms with Gasteiger partial charge in [-0.25, -0.2) is 0 Å². The number of aliphatic hydroxyl groups excluding tert-OH is 1. The summed E-state index contributed by atoms with van der Waals surface area (Å²) < 4.78 is 11.6. The first-order valence-electron chi connectivity index (χ1n) is 13.4. The number of ether oxygens (including phenoxy) is 1. The molecule has 3 heterocycles. The minimum atomic E-state index is -0.355. The predicted molar refractivity (Wildman–Crippen MR) is 138 cm³/mol. The molecule has 2 aliphatic heterocycles. The molecule has 1 aromatic carbocycles. The minimum Gasteiger partial charge on any atom is -0.493 e. The van der Waals surface area contributed by atoms with E-state index in [0.717, 1.165) is 56.8 Å². The maximum Gasteiger partial charge on any atom is 0.324 e. The molecule has 194 valence electrons. The van der Waals surface area contributed by atoms with Gasteiger partial charge >= 0.3 is 6.01 Å². The zero-order valence-corrected chi connectivity index (χ0v) is 21.4. The maximum atomic E-state index is 12.7. The van der Waals surface area contributed by atoms with Crippen molar-refractivity contribution in [3.8, 4) is 5.75 Å². The lowest BCUT2D eigenvalue weighted by Gasteiger charge is -2.30. The number of rotatable bonds is 7. The van der Waals surface area contributed by atoms with Crippen LogP contribution in [0.3, 0.4) is 0 Å².